The maximum Gasteiger partial charge on any atom is 0.227 e. The zero-order chi connectivity index (χ0) is 13.7. The van der Waals surface area contributed by atoms with Crippen molar-refractivity contribution in [3.8, 4) is 0 Å². The molecule has 1 aliphatic heterocycles. The molecule has 0 aliphatic carbocycles. The van der Waals surface area contributed by atoms with Crippen molar-refractivity contribution in [2.45, 2.75) is 25.7 Å². The zero-order valence-corrected chi connectivity index (χ0v) is 11.9. The van der Waals surface area contributed by atoms with Crippen molar-refractivity contribution in [2.75, 3.05) is 19.6 Å². The van der Waals surface area contributed by atoms with Crippen LogP contribution in [-0.2, 0) is 11.2 Å². The van der Waals surface area contributed by atoms with E-state index in [0.29, 0.717) is 17.4 Å². The van der Waals surface area contributed by atoms with Gasteiger partial charge in [0, 0.05) is 18.1 Å². The fraction of sp³-hybridized carbons (Fsp3) is 0.533. The number of carbonyl (C=O) groups is 1. The predicted octanol–water partition coefficient (Wildman–Crippen LogP) is 2.47. The first-order chi connectivity index (χ1) is 9.20. The third-order valence-corrected chi connectivity index (χ3v) is 4.21. The number of nitrogens with two attached hydrogens (primary N) is 1. The van der Waals surface area contributed by atoms with Crippen LogP contribution in [0.2, 0.25) is 5.02 Å². The monoisotopic (exact) mass is 280 g/mol. The maximum atomic E-state index is 12.2. The molecular formula is C15H21ClN2O. The van der Waals surface area contributed by atoms with Gasteiger partial charge in [-0.1, -0.05) is 29.8 Å². The SMILES string of the molecule is NCCC1CCN(C(=O)Cc2ccccc2Cl)CC1. The van der Waals surface area contributed by atoms with E-state index in [1.54, 1.807) is 0 Å². The lowest BCUT2D eigenvalue weighted by Crippen LogP contribution is -2.39. The van der Waals surface area contributed by atoms with Gasteiger partial charge in [-0.2, -0.15) is 0 Å². The van der Waals surface area contributed by atoms with E-state index in [1.807, 2.05) is 29.2 Å². The molecule has 0 bridgehead atoms. The van der Waals surface area contributed by atoms with Crippen LogP contribution in [0.4, 0.5) is 0 Å². The number of nitrogens with zero attached hydrogens (tertiary/aromatic N) is 1. The summed E-state index contributed by atoms with van der Waals surface area (Å²) in [7, 11) is 0. The molecule has 0 aromatic heterocycles. The normalized spacial score (nSPS) is 16.6. The van der Waals surface area contributed by atoms with Gasteiger partial charge in [-0.25, -0.2) is 0 Å². The molecule has 0 saturated carbocycles. The first-order valence-corrected chi connectivity index (χ1v) is 7.29. The third kappa shape index (κ3) is 3.95. The lowest BCUT2D eigenvalue weighted by molar-refractivity contribution is -0.131. The van der Waals surface area contributed by atoms with Crippen molar-refractivity contribution in [3.63, 3.8) is 0 Å². The van der Waals surface area contributed by atoms with Crippen LogP contribution in [-0.4, -0.2) is 30.4 Å². The van der Waals surface area contributed by atoms with Gasteiger partial charge in [-0.15, -0.1) is 0 Å². The number of likely N-dealkylation sites (tertiary alicyclic amines) is 1. The van der Waals surface area contributed by atoms with Crippen LogP contribution in [0.5, 0.6) is 0 Å². The van der Waals surface area contributed by atoms with Gasteiger partial charge in [0.1, 0.15) is 0 Å². The highest BCUT2D eigenvalue weighted by atomic mass is 35.5. The van der Waals surface area contributed by atoms with E-state index in [-0.39, 0.29) is 5.91 Å². The summed E-state index contributed by atoms with van der Waals surface area (Å²) in [5.74, 6) is 0.869. The van der Waals surface area contributed by atoms with Gasteiger partial charge in [-0.3, -0.25) is 4.79 Å². The molecular weight excluding hydrogens is 260 g/mol. The van der Waals surface area contributed by atoms with Crippen LogP contribution in [0.1, 0.15) is 24.8 Å². The van der Waals surface area contributed by atoms with Gasteiger partial charge in [0.05, 0.1) is 6.42 Å². The van der Waals surface area contributed by atoms with Crippen LogP contribution >= 0.6 is 11.6 Å². The number of carbonyl (C=O) groups excluding carboxylic acids is 1. The Bertz CT molecular complexity index is 428. The van der Waals surface area contributed by atoms with E-state index in [2.05, 4.69) is 0 Å². The van der Waals surface area contributed by atoms with E-state index in [1.165, 1.54) is 0 Å². The topological polar surface area (TPSA) is 46.3 Å². The summed E-state index contributed by atoms with van der Waals surface area (Å²) in [6, 6.07) is 7.55. The van der Waals surface area contributed by atoms with Crippen molar-refractivity contribution < 1.29 is 4.79 Å². The van der Waals surface area contributed by atoms with Gasteiger partial charge in [-0.05, 0) is 43.4 Å². The molecule has 1 aromatic carbocycles. The Hall–Kier alpha value is -1.06. The van der Waals surface area contributed by atoms with Gasteiger partial charge < -0.3 is 10.6 Å². The average Bonchev–Trinajstić information content (AvgIpc) is 2.42. The molecule has 0 spiro atoms. The fourth-order valence-electron chi connectivity index (χ4n) is 2.62. The Morgan fingerprint density at radius 1 is 1.32 bits per heavy atom. The lowest BCUT2D eigenvalue weighted by Gasteiger charge is -2.32. The van der Waals surface area contributed by atoms with E-state index in [4.69, 9.17) is 17.3 Å². The molecule has 1 saturated heterocycles. The molecule has 19 heavy (non-hydrogen) atoms. The van der Waals surface area contributed by atoms with Gasteiger partial charge in [0.2, 0.25) is 5.91 Å². The van der Waals surface area contributed by atoms with Crippen molar-refractivity contribution in [3.05, 3.63) is 34.9 Å². The minimum atomic E-state index is 0.180. The summed E-state index contributed by atoms with van der Waals surface area (Å²) >= 11 is 6.09. The smallest absolute Gasteiger partial charge is 0.227 e. The third-order valence-electron chi connectivity index (χ3n) is 3.84. The molecule has 0 atom stereocenters. The first-order valence-electron chi connectivity index (χ1n) is 6.92. The number of hydrogen-bond acceptors (Lipinski definition) is 2. The van der Waals surface area contributed by atoms with Crippen LogP contribution < -0.4 is 5.73 Å². The van der Waals surface area contributed by atoms with E-state index in [0.717, 1.165) is 44.5 Å². The summed E-state index contributed by atoms with van der Waals surface area (Å²) in [6.07, 6.45) is 3.63. The molecule has 1 fully saturated rings. The Labute approximate surface area is 119 Å². The highest BCUT2D eigenvalue weighted by Gasteiger charge is 2.22. The zero-order valence-electron chi connectivity index (χ0n) is 11.1. The molecule has 1 amide bonds. The second kappa shape index (κ2) is 6.92. The molecule has 0 radical (unpaired) electrons. The van der Waals surface area contributed by atoms with E-state index >= 15 is 0 Å². The number of benzene rings is 1. The van der Waals surface area contributed by atoms with E-state index < -0.39 is 0 Å². The lowest BCUT2D eigenvalue weighted by atomic mass is 9.93. The molecule has 1 aliphatic rings. The molecule has 0 unspecified atom stereocenters. The predicted molar refractivity (Wildman–Crippen MR) is 78.1 cm³/mol. The molecule has 1 aromatic rings. The first kappa shape index (κ1) is 14.4. The summed E-state index contributed by atoms with van der Waals surface area (Å²) in [6.45, 7) is 2.46. The van der Waals surface area contributed by atoms with E-state index in [9.17, 15) is 4.79 Å². The minimum Gasteiger partial charge on any atom is -0.342 e. The van der Waals surface area contributed by atoms with Crippen LogP contribution in [0, 0.1) is 5.92 Å². The van der Waals surface area contributed by atoms with Crippen LogP contribution in [0.3, 0.4) is 0 Å². The Balaban J connectivity index is 1.87. The standard InChI is InChI=1S/C15H21ClN2O/c16-14-4-2-1-3-13(14)11-15(19)18-9-6-12(5-8-17)7-10-18/h1-4,12H,5-11,17H2. The van der Waals surface area contributed by atoms with Crippen LogP contribution in [0.15, 0.2) is 24.3 Å². The highest BCUT2D eigenvalue weighted by molar-refractivity contribution is 6.31. The highest BCUT2D eigenvalue weighted by Crippen LogP contribution is 2.21. The molecule has 3 nitrogen and oxygen atoms in total. The Morgan fingerprint density at radius 2 is 2.00 bits per heavy atom. The average molecular weight is 281 g/mol. The molecule has 2 rings (SSSR count). The molecule has 104 valence electrons. The maximum absolute atomic E-state index is 12.2. The van der Waals surface area contributed by atoms with Crippen LogP contribution in [0.25, 0.3) is 0 Å². The van der Waals surface area contributed by atoms with Crippen molar-refractivity contribution >= 4 is 17.5 Å². The second-order valence-electron chi connectivity index (χ2n) is 5.17. The number of rotatable bonds is 4. The Morgan fingerprint density at radius 3 is 2.63 bits per heavy atom. The number of hydrogen-bond donors (Lipinski definition) is 1. The van der Waals surface area contributed by atoms with Crippen molar-refractivity contribution in [1.82, 2.24) is 4.90 Å². The van der Waals surface area contributed by atoms with Gasteiger partial charge in [0.15, 0.2) is 0 Å². The molecule has 1 heterocycles. The summed E-state index contributed by atoms with van der Waals surface area (Å²) < 4.78 is 0. The van der Waals surface area contributed by atoms with Gasteiger partial charge >= 0.3 is 0 Å². The number of piperidine rings is 1. The second-order valence-corrected chi connectivity index (χ2v) is 5.58. The fourth-order valence-corrected chi connectivity index (χ4v) is 2.83. The molecule has 4 heteroatoms. The van der Waals surface area contributed by atoms with Crippen molar-refractivity contribution in [2.24, 2.45) is 11.7 Å². The number of halogens is 1. The minimum absolute atomic E-state index is 0.180. The largest absolute Gasteiger partial charge is 0.342 e. The van der Waals surface area contributed by atoms with Crippen molar-refractivity contribution in [1.29, 1.82) is 0 Å². The molecule has 2 N–H and O–H groups in total. The number of amides is 1. The van der Waals surface area contributed by atoms with Gasteiger partial charge in [0.25, 0.3) is 0 Å². The summed E-state index contributed by atoms with van der Waals surface area (Å²) in [5.41, 5.74) is 6.49. The quantitative estimate of drug-likeness (QED) is 0.921. The Kier molecular flexibility index (Phi) is 5.23. The summed E-state index contributed by atoms with van der Waals surface area (Å²) in [5, 5.41) is 0.675. The summed E-state index contributed by atoms with van der Waals surface area (Å²) in [4.78, 5) is 14.2.